The zero-order chi connectivity index (χ0) is 15.5. The van der Waals surface area contributed by atoms with Crippen LogP contribution in [0.4, 0.5) is 0 Å². The Kier molecular flexibility index (Phi) is 3.94. The molecule has 5 heteroatoms. The summed E-state index contributed by atoms with van der Waals surface area (Å²) >= 11 is 0. The minimum absolute atomic E-state index is 0.425. The summed E-state index contributed by atoms with van der Waals surface area (Å²) in [7, 11) is 0. The molecule has 0 spiro atoms. The quantitative estimate of drug-likeness (QED) is 0.785. The molecule has 5 nitrogen and oxygen atoms in total. The SMILES string of the molecule is c1ccc(Cc2noc(CN3CCCC3c3ccc[nH]3)n2)cc1. The molecule has 118 valence electrons. The van der Waals surface area contributed by atoms with Crippen molar-refractivity contribution in [2.45, 2.75) is 31.8 Å². The molecule has 1 aromatic carbocycles. The highest BCUT2D eigenvalue weighted by molar-refractivity contribution is 5.18. The third kappa shape index (κ3) is 3.19. The number of aromatic amines is 1. The van der Waals surface area contributed by atoms with Crippen molar-refractivity contribution in [2.24, 2.45) is 0 Å². The van der Waals surface area contributed by atoms with Gasteiger partial charge in [0.05, 0.1) is 12.6 Å². The van der Waals surface area contributed by atoms with Gasteiger partial charge in [-0.25, -0.2) is 0 Å². The number of nitrogens with one attached hydrogen (secondary N) is 1. The zero-order valence-electron chi connectivity index (χ0n) is 13.0. The summed E-state index contributed by atoms with van der Waals surface area (Å²) < 4.78 is 5.45. The zero-order valence-corrected chi connectivity index (χ0v) is 13.0. The normalized spacial score (nSPS) is 18.5. The van der Waals surface area contributed by atoms with Gasteiger partial charge in [0, 0.05) is 18.3 Å². The highest BCUT2D eigenvalue weighted by atomic mass is 16.5. The lowest BCUT2D eigenvalue weighted by Gasteiger charge is -2.21. The fourth-order valence-corrected chi connectivity index (χ4v) is 3.30. The fourth-order valence-electron chi connectivity index (χ4n) is 3.30. The highest BCUT2D eigenvalue weighted by Gasteiger charge is 2.28. The van der Waals surface area contributed by atoms with Gasteiger partial charge in [-0.15, -0.1) is 0 Å². The lowest BCUT2D eigenvalue weighted by atomic mass is 10.1. The third-order valence-corrected chi connectivity index (χ3v) is 4.40. The van der Waals surface area contributed by atoms with E-state index in [-0.39, 0.29) is 0 Å². The minimum Gasteiger partial charge on any atom is -0.364 e. The Labute approximate surface area is 135 Å². The van der Waals surface area contributed by atoms with Gasteiger partial charge < -0.3 is 9.51 Å². The van der Waals surface area contributed by atoms with Crippen LogP contribution in [0.1, 0.15) is 41.9 Å². The van der Waals surface area contributed by atoms with Crippen molar-refractivity contribution < 1.29 is 4.52 Å². The Balaban J connectivity index is 1.43. The van der Waals surface area contributed by atoms with Crippen molar-refractivity contribution in [3.05, 3.63) is 71.6 Å². The van der Waals surface area contributed by atoms with Crippen molar-refractivity contribution in [1.29, 1.82) is 0 Å². The number of H-pyrrole nitrogens is 1. The predicted octanol–water partition coefficient (Wildman–Crippen LogP) is 3.33. The number of aromatic nitrogens is 3. The van der Waals surface area contributed by atoms with Gasteiger partial charge in [0.1, 0.15) is 0 Å². The maximum absolute atomic E-state index is 5.45. The predicted molar refractivity (Wildman–Crippen MR) is 86.7 cm³/mol. The van der Waals surface area contributed by atoms with Crippen molar-refractivity contribution in [2.75, 3.05) is 6.54 Å². The van der Waals surface area contributed by atoms with Crippen LogP contribution in [0, 0.1) is 0 Å². The average Bonchev–Trinajstić information content (AvgIpc) is 3.30. The molecule has 0 aliphatic carbocycles. The molecule has 1 N–H and O–H groups in total. The summed E-state index contributed by atoms with van der Waals surface area (Å²) in [6.45, 7) is 1.78. The van der Waals surface area contributed by atoms with Gasteiger partial charge in [-0.1, -0.05) is 35.5 Å². The van der Waals surface area contributed by atoms with E-state index in [4.69, 9.17) is 4.52 Å². The van der Waals surface area contributed by atoms with E-state index in [0.717, 1.165) is 12.4 Å². The fraction of sp³-hybridized carbons (Fsp3) is 0.333. The van der Waals surface area contributed by atoms with Crippen LogP contribution in [0.5, 0.6) is 0 Å². The lowest BCUT2D eigenvalue weighted by molar-refractivity contribution is 0.210. The van der Waals surface area contributed by atoms with Crippen LogP contribution < -0.4 is 0 Å². The largest absolute Gasteiger partial charge is 0.364 e. The molecule has 3 aromatic rings. The Morgan fingerprint density at radius 2 is 2.09 bits per heavy atom. The Morgan fingerprint density at radius 3 is 2.91 bits per heavy atom. The second-order valence-electron chi connectivity index (χ2n) is 6.02. The van der Waals surface area contributed by atoms with Crippen LogP contribution in [0.3, 0.4) is 0 Å². The first kappa shape index (κ1) is 14.2. The van der Waals surface area contributed by atoms with Gasteiger partial charge in [-0.3, -0.25) is 4.90 Å². The molecule has 0 saturated carbocycles. The second kappa shape index (κ2) is 6.38. The summed E-state index contributed by atoms with van der Waals surface area (Å²) in [5.74, 6) is 1.45. The van der Waals surface area contributed by atoms with Gasteiger partial charge in [0.25, 0.3) is 0 Å². The van der Waals surface area contributed by atoms with E-state index in [0.29, 0.717) is 24.9 Å². The number of hydrogen-bond acceptors (Lipinski definition) is 4. The molecule has 0 radical (unpaired) electrons. The molecule has 1 atom stereocenters. The molecule has 1 aliphatic heterocycles. The average molecular weight is 308 g/mol. The number of nitrogens with zero attached hydrogens (tertiary/aromatic N) is 3. The van der Waals surface area contributed by atoms with E-state index in [1.54, 1.807) is 0 Å². The molecule has 0 amide bonds. The molecule has 4 rings (SSSR count). The molecular formula is C18H20N4O. The van der Waals surface area contributed by atoms with Gasteiger partial charge >= 0.3 is 0 Å². The van der Waals surface area contributed by atoms with Crippen LogP contribution in [0.2, 0.25) is 0 Å². The van der Waals surface area contributed by atoms with E-state index in [2.05, 4.69) is 44.3 Å². The van der Waals surface area contributed by atoms with Crippen LogP contribution in [-0.4, -0.2) is 26.6 Å². The van der Waals surface area contributed by atoms with Crippen molar-refractivity contribution in [1.82, 2.24) is 20.0 Å². The van der Waals surface area contributed by atoms with Gasteiger partial charge in [-0.05, 0) is 37.1 Å². The molecule has 23 heavy (non-hydrogen) atoms. The standard InChI is InChI=1S/C18H20N4O/c1-2-6-14(7-3-1)12-17-20-18(23-21-17)13-22-11-5-9-16(22)15-8-4-10-19-15/h1-4,6-8,10,16,19H,5,9,11-13H2. The molecule has 1 saturated heterocycles. The monoisotopic (exact) mass is 308 g/mol. The summed E-state index contributed by atoms with van der Waals surface area (Å²) in [5.41, 5.74) is 2.47. The lowest BCUT2D eigenvalue weighted by Crippen LogP contribution is -2.23. The summed E-state index contributed by atoms with van der Waals surface area (Å²) in [6, 6.07) is 14.9. The topological polar surface area (TPSA) is 58.0 Å². The minimum atomic E-state index is 0.425. The van der Waals surface area contributed by atoms with Crippen molar-refractivity contribution >= 4 is 0 Å². The van der Waals surface area contributed by atoms with Crippen LogP contribution in [-0.2, 0) is 13.0 Å². The highest BCUT2D eigenvalue weighted by Crippen LogP contribution is 2.31. The third-order valence-electron chi connectivity index (χ3n) is 4.40. The van der Waals surface area contributed by atoms with Crippen molar-refractivity contribution in [3.63, 3.8) is 0 Å². The number of benzene rings is 1. The summed E-state index contributed by atoms with van der Waals surface area (Å²) in [4.78, 5) is 10.3. The molecule has 0 bridgehead atoms. The van der Waals surface area contributed by atoms with Crippen LogP contribution in [0.25, 0.3) is 0 Å². The first-order valence-electron chi connectivity index (χ1n) is 8.11. The first-order chi connectivity index (χ1) is 11.4. The number of hydrogen-bond donors (Lipinski definition) is 1. The van der Waals surface area contributed by atoms with Crippen LogP contribution in [0.15, 0.2) is 53.2 Å². The molecule has 3 heterocycles. The molecular weight excluding hydrogens is 288 g/mol. The summed E-state index contributed by atoms with van der Waals surface area (Å²) in [6.07, 6.45) is 5.07. The van der Waals surface area contributed by atoms with E-state index in [1.807, 2.05) is 24.4 Å². The van der Waals surface area contributed by atoms with Crippen molar-refractivity contribution in [3.8, 4) is 0 Å². The first-order valence-corrected chi connectivity index (χ1v) is 8.11. The van der Waals surface area contributed by atoms with Gasteiger partial charge in [-0.2, -0.15) is 4.98 Å². The van der Waals surface area contributed by atoms with E-state index in [9.17, 15) is 0 Å². The Hall–Kier alpha value is -2.40. The summed E-state index contributed by atoms with van der Waals surface area (Å²) in [5, 5.41) is 4.12. The van der Waals surface area contributed by atoms with E-state index >= 15 is 0 Å². The maximum Gasteiger partial charge on any atom is 0.240 e. The molecule has 1 unspecified atom stereocenters. The second-order valence-corrected chi connectivity index (χ2v) is 6.02. The Morgan fingerprint density at radius 1 is 1.17 bits per heavy atom. The number of likely N-dealkylation sites (tertiary alicyclic amines) is 1. The smallest absolute Gasteiger partial charge is 0.240 e. The van der Waals surface area contributed by atoms with E-state index in [1.165, 1.54) is 24.1 Å². The molecule has 1 aliphatic rings. The number of rotatable bonds is 5. The molecule has 2 aromatic heterocycles. The molecule has 1 fully saturated rings. The maximum atomic E-state index is 5.45. The van der Waals surface area contributed by atoms with Crippen LogP contribution >= 0.6 is 0 Å². The van der Waals surface area contributed by atoms with Gasteiger partial charge in [0.15, 0.2) is 5.82 Å². The van der Waals surface area contributed by atoms with Gasteiger partial charge in [0.2, 0.25) is 5.89 Å². The Bertz CT molecular complexity index is 735. The van der Waals surface area contributed by atoms with E-state index < -0.39 is 0 Å².